The van der Waals surface area contributed by atoms with E-state index in [9.17, 15) is 0 Å². The zero-order valence-electron chi connectivity index (χ0n) is 8.39. The average Bonchev–Trinajstić information content (AvgIpc) is 2.19. The Morgan fingerprint density at radius 3 is 2.62 bits per heavy atom. The third-order valence-corrected chi connectivity index (χ3v) is 2.75. The van der Waals surface area contributed by atoms with Crippen molar-refractivity contribution in [2.24, 2.45) is 0 Å². The van der Waals surface area contributed by atoms with E-state index >= 15 is 0 Å². The Balaban J connectivity index is 1.90. The quantitative estimate of drug-likeness (QED) is 0.660. The van der Waals surface area contributed by atoms with Gasteiger partial charge in [-0.1, -0.05) is 19.3 Å². The molecule has 0 saturated heterocycles. The molecule has 1 rings (SSSR count). The van der Waals surface area contributed by atoms with Crippen LogP contribution in [0.15, 0.2) is 0 Å². The van der Waals surface area contributed by atoms with Crippen molar-refractivity contribution >= 4 is 0 Å². The van der Waals surface area contributed by atoms with Crippen LogP contribution in [0.5, 0.6) is 0 Å². The van der Waals surface area contributed by atoms with Gasteiger partial charge in [-0.25, -0.2) is 0 Å². The molecule has 74 valence electrons. The Hall–Kier alpha value is -0.550. The molecule has 0 bridgehead atoms. The number of rotatable bonds is 5. The zero-order chi connectivity index (χ0) is 9.36. The molecule has 0 aromatic carbocycles. The largest absolute Gasteiger partial charge is 0.314 e. The maximum absolute atomic E-state index is 8.34. The monoisotopic (exact) mass is 180 g/mol. The molecule has 0 spiro atoms. The third kappa shape index (κ3) is 4.90. The van der Waals surface area contributed by atoms with Crippen molar-refractivity contribution in [3.63, 3.8) is 0 Å². The summed E-state index contributed by atoms with van der Waals surface area (Å²) in [4.78, 5) is 0. The first kappa shape index (κ1) is 10.5. The van der Waals surface area contributed by atoms with Gasteiger partial charge in [0.1, 0.15) is 0 Å². The van der Waals surface area contributed by atoms with Gasteiger partial charge in [0.2, 0.25) is 0 Å². The summed E-state index contributed by atoms with van der Waals surface area (Å²) in [7, 11) is 0. The Kier molecular flexibility index (Phi) is 5.60. The minimum Gasteiger partial charge on any atom is -0.314 e. The summed E-state index contributed by atoms with van der Waals surface area (Å²) in [6.07, 6.45) is 9.86. The third-order valence-electron chi connectivity index (χ3n) is 2.75. The summed E-state index contributed by atoms with van der Waals surface area (Å²) >= 11 is 0. The highest BCUT2D eigenvalue weighted by Gasteiger charge is 2.11. The molecule has 0 aliphatic heterocycles. The normalized spacial score (nSPS) is 18.4. The SMILES string of the molecule is N#CCCCCNC1CCCCC1. The Bertz CT molecular complexity index is 154. The molecule has 1 fully saturated rings. The van der Waals surface area contributed by atoms with Crippen molar-refractivity contribution in [3.05, 3.63) is 0 Å². The fourth-order valence-electron chi connectivity index (χ4n) is 1.94. The van der Waals surface area contributed by atoms with Crippen LogP contribution in [-0.2, 0) is 0 Å². The molecule has 0 unspecified atom stereocenters. The lowest BCUT2D eigenvalue weighted by molar-refractivity contribution is 0.371. The predicted octanol–water partition coefficient (Wildman–Crippen LogP) is 2.60. The molecule has 1 saturated carbocycles. The maximum atomic E-state index is 8.34. The van der Waals surface area contributed by atoms with Crippen LogP contribution in [0.2, 0.25) is 0 Å². The number of nitrogens with zero attached hydrogens (tertiary/aromatic N) is 1. The van der Waals surface area contributed by atoms with E-state index in [0.29, 0.717) is 6.42 Å². The fraction of sp³-hybridized carbons (Fsp3) is 0.909. The molecule has 2 heteroatoms. The minimum absolute atomic E-state index is 0.715. The van der Waals surface area contributed by atoms with Gasteiger partial charge in [-0.2, -0.15) is 5.26 Å². The van der Waals surface area contributed by atoms with E-state index in [-0.39, 0.29) is 0 Å². The van der Waals surface area contributed by atoms with Crippen LogP contribution < -0.4 is 5.32 Å². The predicted molar refractivity (Wildman–Crippen MR) is 54.3 cm³/mol. The summed E-state index contributed by atoms with van der Waals surface area (Å²) in [5.74, 6) is 0. The second-order valence-corrected chi connectivity index (χ2v) is 3.90. The Labute approximate surface area is 81.3 Å². The fourth-order valence-corrected chi connectivity index (χ4v) is 1.94. The molecule has 1 N–H and O–H groups in total. The van der Waals surface area contributed by atoms with Gasteiger partial charge >= 0.3 is 0 Å². The van der Waals surface area contributed by atoms with E-state index in [4.69, 9.17) is 5.26 Å². The summed E-state index contributed by atoms with van der Waals surface area (Å²) in [5.41, 5.74) is 0. The number of nitrogens with one attached hydrogen (secondary N) is 1. The van der Waals surface area contributed by atoms with E-state index in [0.717, 1.165) is 25.4 Å². The average molecular weight is 180 g/mol. The van der Waals surface area contributed by atoms with Crippen molar-refractivity contribution in [3.8, 4) is 6.07 Å². The number of hydrogen-bond acceptors (Lipinski definition) is 2. The van der Waals surface area contributed by atoms with Crippen LogP contribution in [0.4, 0.5) is 0 Å². The van der Waals surface area contributed by atoms with Gasteiger partial charge in [-0.3, -0.25) is 0 Å². The molecule has 13 heavy (non-hydrogen) atoms. The Morgan fingerprint density at radius 1 is 1.15 bits per heavy atom. The van der Waals surface area contributed by atoms with Crippen LogP contribution in [0.25, 0.3) is 0 Å². The first-order valence-corrected chi connectivity index (χ1v) is 5.54. The van der Waals surface area contributed by atoms with Gasteiger partial charge in [0.15, 0.2) is 0 Å². The van der Waals surface area contributed by atoms with Gasteiger partial charge in [0.25, 0.3) is 0 Å². The van der Waals surface area contributed by atoms with Crippen LogP contribution in [-0.4, -0.2) is 12.6 Å². The Morgan fingerprint density at radius 2 is 1.92 bits per heavy atom. The van der Waals surface area contributed by atoms with Crippen molar-refractivity contribution in [2.75, 3.05) is 6.54 Å². The molecular weight excluding hydrogens is 160 g/mol. The van der Waals surface area contributed by atoms with E-state index in [1.54, 1.807) is 0 Å². The van der Waals surface area contributed by atoms with E-state index in [2.05, 4.69) is 11.4 Å². The summed E-state index contributed by atoms with van der Waals surface area (Å²) in [6, 6.07) is 2.95. The standard InChI is InChI=1S/C11H20N2/c12-9-5-2-6-10-13-11-7-3-1-4-8-11/h11,13H,1-8,10H2. The van der Waals surface area contributed by atoms with E-state index < -0.39 is 0 Å². The van der Waals surface area contributed by atoms with Crippen LogP contribution in [0.3, 0.4) is 0 Å². The highest BCUT2D eigenvalue weighted by atomic mass is 14.9. The number of unbranched alkanes of at least 4 members (excludes halogenated alkanes) is 2. The molecule has 2 nitrogen and oxygen atoms in total. The lowest BCUT2D eigenvalue weighted by Gasteiger charge is -2.22. The van der Waals surface area contributed by atoms with Crippen molar-refractivity contribution in [1.29, 1.82) is 5.26 Å². The van der Waals surface area contributed by atoms with Gasteiger partial charge in [0.05, 0.1) is 6.07 Å². The van der Waals surface area contributed by atoms with Crippen LogP contribution >= 0.6 is 0 Å². The van der Waals surface area contributed by atoms with Crippen LogP contribution in [0, 0.1) is 11.3 Å². The van der Waals surface area contributed by atoms with Gasteiger partial charge < -0.3 is 5.32 Å². The topological polar surface area (TPSA) is 35.8 Å². The first-order valence-electron chi connectivity index (χ1n) is 5.54. The van der Waals surface area contributed by atoms with Crippen molar-refractivity contribution in [2.45, 2.75) is 57.4 Å². The number of hydrogen-bond donors (Lipinski definition) is 1. The molecule has 1 aliphatic rings. The molecule has 0 aromatic heterocycles. The highest BCUT2D eigenvalue weighted by molar-refractivity contribution is 4.72. The second-order valence-electron chi connectivity index (χ2n) is 3.90. The van der Waals surface area contributed by atoms with Crippen LogP contribution in [0.1, 0.15) is 51.4 Å². The zero-order valence-corrected chi connectivity index (χ0v) is 8.39. The molecule has 0 heterocycles. The summed E-state index contributed by atoms with van der Waals surface area (Å²) < 4.78 is 0. The summed E-state index contributed by atoms with van der Waals surface area (Å²) in [5, 5.41) is 11.9. The van der Waals surface area contributed by atoms with Gasteiger partial charge in [-0.15, -0.1) is 0 Å². The second kappa shape index (κ2) is 6.91. The molecule has 0 radical (unpaired) electrons. The van der Waals surface area contributed by atoms with E-state index in [1.165, 1.54) is 32.1 Å². The van der Waals surface area contributed by atoms with Crippen molar-refractivity contribution < 1.29 is 0 Å². The summed E-state index contributed by atoms with van der Waals surface area (Å²) in [6.45, 7) is 1.10. The highest BCUT2D eigenvalue weighted by Crippen LogP contribution is 2.17. The van der Waals surface area contributed by atoms with E-state index in [1.807, 2.05) is 0 Å². The molecule has 0 aromatic rings. The lowest BCUT2D eigenvalue weighted by atomic mass is 9.95. The first-order chi connectivity index (χ1) is 6.43. The molecular formula is C11H20N2. The smallest absolute Gasteiger partial charge is 0.0621 e. The lowest BCUT2D eigenvalue weighted by Crippen LogP contribution is -2.31. The maximum Gasteiger partial charge on any atom is 0.0621 e. The minimum atomic E-state index is 0.715. The molecule has 0 atom stereocenters. The molecule has 0 amide bonds. The molecule has 1 aliphatic carbocycles. The number of nitriles is 1. The van der Waals surface area contributed by atoms with Crippen molar-refractivity contribution in [1.82, 2.24) is 5.32 Å². The van der Waals surface area contributed by atoms with Gasteiger partial charge in [-0.05, 0) is 32.2 Å². The van der Waals surface area contributed by atoms with Gasteiger partial charge in [0, 0.05) is 12.5 Å².